The highest BCUT2D eigenvalue weighted by Gasteiger charge is 2.12. The second-order valence-electron chi connectivity index (χ2n) is 5.67. The molecule has 0 radical (unpaired) electrons. The second-order valence-corrected chi connectivity index (χ2v) is 6.10. The van der Waals surface area contributed by atoms with Gasteiger partial charge in [-0.2, -0.15) is 0 Å². The number of aryl methyl sites for hydroxylation is 1. The fraction of sp³-hybridized carbons (Fsp3) is 0.105. The van der Waals surface area contributed by atoms with E-state index in [-0.39, 0.29) is 11.8 Å². The molecule has 0 fully saturated rings. The van der Waals surface area contributed by atoms with Crippen LogP contribution in [0.5, 0.6) is 0 Å². The fourth-order valence-electron chi connectivity index (χ4n) is 2.30. The van der Waals surface area contributed by atoms with Gasteiger partial charge in [-0.3, -0.25) is 9.59 Å². The quantitative estimate of drug-likeness (QED) is 0.716. The van der Waals surface area contributed by atoms with Crippen LogP contribution >= 0.6 is 11.6 Å². The molecule has 0 aliphatic rings. The van der Waals surface area contributed by atoms with Crippen LogP contribution in [0.15, 0.2) is 59.1 Å². The molecular weight excluding hydrogens is 354 g/mol. The molecule has 0 unspecified atom stereocenters. The van der Waals surface area contributed by atoms with Crippen molar-refractivity contribution in [3.05, 3.63) is 82.1 Å². The molecule has 0 atom stereocenters. The van der Waals surface area contributed by atoms with Gasteiger partial charge < -0.3 is 15.2 Å². The van der Waals surface area contributed by atoms with E-state index in [0.717, 1.165) is 5.56 Å². The number of carbonyl (C=O) groups excluding carboxylic acids is 2. The lowest BCUT2D eigenvalue weighted by Gasteiger charge is -2.07. The predicted octanol–water partition coefficient (Wildman–Crippen LogP) is 3.82. The van der Waals surface area contributed by atoms with Crippen LogP contribution in [0.3, 0.4) is 0 Å². The number of aromatic nitrogens is 1. The van der Waals surface area contributed by atoms with Crippen molar-refractivity contribution in [3.8, 4) is 0 Å². The number of hydrogen-bond donors (Lipinski definition) is 2. The molecule has 6 nitrogen and oxygen atoms in total. The molecule has 7 heteroatoms. The van der Waals surface area contributed by atoms with Crippen molar-refractivity contribution < 1.29 is 14.1 Å². The maximum Gasteiger partial charge on any atom is 0.256 e. The molecule has 0 spiro atoms. The summed E-state index contributed by atoms with van der Waals surface area (Å²) in [6.07, 6.45) is 0. The summed E-state index contributed by atoms with van der Waals surface area (Å²) < 4.78 is 4.91. The van der Waals surface area contributed by atoms with E-state index in [0.29, 0.717) is 34.3 Å². The number of rotatable bonds is 5. The van der Waals surface area contributed by atoms with Crippen molar-refractivity contribution in [1.82, 2.24) is 10.5 Å². The van der Waals surface area contributed by atoms with E-state index in [9.17, 15) is 9.59 Å². The first-order valence-corrected chi connectivity index (χ1v) is 8.26. The average molecular weight is 370 g/mol. The van der Waals surface area contributed by atoms with Gasteiger partial charge >= 0.3 is 0 Å². The summed E-state index contributed by atoms with van der Waals surface area (Å²) in [4.78, 5) is 24.6. The van der Waals surface area contributed by atoms with Crippen LogP contribution < -0.4 is 10.6 Å². The summed E-state index contributed by atoms with van der Waals surface area (Å²) in [7, 11) is 0. The van der Waals surface area contributed by atoms with Gasteiger partial charge in [0.25, 0.3) is 11.8 Å². The van der Waals surface area contributed by atoms with Gasteiger partial charge in [0.05, 0.1) is 0 Å². The summed E-state index contributed by atoms with van der Waals surface area (Å²) >= 11 is 5.84. The van der Waals surface area contributed by atoms with E-state index in [4.69, 9.17) is 16.1 Å². The molecule has 1 heterocycles. The summed E-state index contributed by atoms with van der Waals surface area (Å²) in [5, 5.41) is 9.79. The maximum absolute atomic E-state index is 12.3. The van der Waals surface area contributed by atoms with Crippen molar-refractivity contribution in [2.45, 2.75) is 13.5 Å². The number of amides is 2. The molecular formula is C19H16ClN3O3. The third-order valence-electron chi connectivity index (χ3n) is 3.62. The number of nitrogens with one attached hydrogen (secondary N) is 2. The highest BCUT2D eigenvalue weighted by molar-refractivity contribution is 6.30. The molecule has 0 saturated carbocycles. The zero-order valence-corrected chi connectivity index (χ0v) is 14.7. The number of hydrogen-bond acceptors (Lipinski definition) is 4. The highest BCUT2D eigenvalue weighted by Crippen LogP contribution is 2.12. The van der Waals surface area contributed by atoms with Crippen molar-refractivity contribution in [2.75, 3.05) is 5.32 Å². The number of benzene rings is 2. The SMILES string of the molecule is Cc1cc(NC(=O)c2cccc(C(=O)NCc3ccc(Cl)cc3)c2)no1. The minimum Gasteiger partial charge on any atom is -0.360 e. The van der Waals surface area contributed by atoms with Crippen LogP contribution in [-0.4, -0.2) is 17.0 Å². The smallest absolute Gasteiger partial charge is 0.256 e. The van der Waals surface area contributed by atoms with Gasteiger partial charge in [0.15, 0.2) is 5.82 Å². The van der Waals surface area contributed by atoms with E-state index >= 15 is 0 Å². The van der Waals surface area contributed by atoms with E-state index in [1.54, 1.807) is 43.3 Å². The lowest BCUT2D eigenvalue weighted by molar-refractivity contribution is 0.0951. The van der Waals surface area contributed by atoms with Gasteiger partial charge in [0.2, 0.25) is 0 Å². The predicted molar refractivity (Wildman–Crippen MR) is 98.3 cm³/mol. The molecule has 2 amide bonds. The first-order chi connectivity index (χ1) is 12.5. The number of nitrogens with zero attached hydrogens (tertiary/aromatic N) is 1. The monoisotopic (exact) mass is 369 g/mol. The van der Waals surface area contributed by atoms with Crippen molar-refractivity contribution >= 4 is 29.2 Å². The summed E-state index contributed by atoms with van der Waals surface area (Å²) in [5.41, 5.74) is 1.67. The maximum atomic E-state index is 12.3. The minimum absolute atomic E-state index is 0.271. The first kappa shape index (κ1) is 17.7. The van der Waals surface area contributed by atoms with Crippen LogP contribution in [0.25, 0.3) is 0 Å². The molecule has 1 aromatic heterocycles. The van der Waals surface area contributed by atoms with Crippen LogP contribution in [0, 0.1) is 6.92 Å². The van der Waals surface area contributed by atoms with Gasteiger partial charge in [-0.05, 0) is 42.8 Å². The topological polar surface area (TPSA) is 84.2 Å². The van der Waals surface area contributed by atoms with Crippen LogP contribution in [0.1, 0.15) is 32.0 Å². The molecule has 3 rings (SSSR count). The Labute approximate surface area is 155 Å². The molecule has 0 bridgehead atoms. The summed E-state index contributed by atoms with van der Waals surface area (Å²) in [5.74, 6) is 0.276. The van der Waals surface area contributed by atoms with E-state index in [1.807, 2.05) is 12.1 Å². The van der Waals surface area contributed by atoms with Crippen LogP contribution in [0.2, 0.25) is 5.02 Å². The van der Waals surface area contributed by atoms with Crippen LogP contribution in [0.4, 0.5) is 5.82 Å². The van der Waals surface area contributed by atoms with Gasteiger partial charge in [0.1, 0.15) is 5.76 Å². The number of carbonyl (C=O) groups is 2. The Bertz CT molecular complexity index is 935. The Morgan fingerprint density at radius 1 is 1.04 bits per heavy atom. The Morgan fingerprint density at radius 2 is 1.73 bits per heavy atom. The molecule has 0 saturated heterocycles. The van der Waals surface area contributed by atoms with E-state index < -0.39 is 0 Å². The third kappa shape index (κ3) is 4.49. The molecule has 3 aromatic rings. The van der Waals surface area contributed by atoms with Gasteiger partial charge in [0, 0.05) is 28.8 Å². The van der Waals surface area contributed by atoms with Crippen molar-refractivity contribution in [2.24, 2.45) is 0 Å². The average Bonchev–Trinajstić information content (AvgIpc) is 3.05. The minimum atomic E-state index is -0.370. The Kier molecular flexibility index (Phi) is 5.34. The number of anilines is 1. The van der Waals surface area contributed by atoms with E-state index in [1.165, 1.54) is 6.07 Å². The molecule has 2 aromatic carbocycles. The molecule has 2 N–H and O–H groups in total. The second kappa shape index (κ2) is 7.84. The highest BCUT2D eigenvalue weighted by atomic mass is 35.5. The lowest BCUT2D eigenvalue weighted by atomic mass is 10.1. The summed E-state index contributed by atoms with van der Waals surface area (Å²) in [6.45, 7) is 2.10. The number of halogens is 1. The zero-order valence-electron chi connectivity index (χ0n) is 14.0. The van der Waals surface area contributed by atoms with Gasteiger partial charge in [-0.15, -0.1) is 0 Å². The third-order valence-corrected chi connectivity index (χ3v) is 3.87. The largest absolute Gasteiger partial charge is 0.360 e. The van der Waals surface area contributed by atoms with Crippen molar-refractivity contribution in [1.29, 1.82) is 0 Å². The summed E-state index contributed by atoms with van der Waals surface area (Å²) in [6, 6.07) is 15.3. The van der Waals surface area contributed by atoms with Crippen molar-refractivity contribution in [3.63, 3.8) is 0 Å². The van der Waals surface area contributed by atoms with Crippen LogP contribution in [-0.2, 0) is 6.54 Å². The Balaban J connectivity index is 1.64. The van der Waals surface area contributed by atoms with Gasteiger partial charge in [-0.25, -0.2) is 0 Å². The Hall–Kier alpha value is -3.12. The molecule has 0 aliphatic heterocycles. The first-order valence-electron chi connectivity index (χ1n) is 7.88. The van der Waals surface area contributed by atoms with E-state index in [2.05, 4.69) is 15.8 Å². The normalized spacial score (nSPS) is 10.4. The zero-order chi connectivity index (χ0) is 18.5. The molecule has 132 valence electrons. The fourth-order valence-corrected chi connectivity index (χ4v) is 2.43. The lowest BCUT2D eigenvalue weighted by Crippen LogP contribution is -2.23. The Morgan fingerprint density at radius 3 is 2.38 bits per heavy atom. The molecule has 0 aliphatic carbocycles. The standard InChI is InChI=1S/C19H16ClN3O3/c1-12-9-17(23-26-12)22-19(25)15-4-2-3-14(10-15)18(24)21-11-13-5-7-16(20)8-6-13/h2-10H,11H2,1H3,(H,21,24)(H,22,23,25). The van der Waals surface area contributed by atoms with Gasteiger partial charge in [-0.1, -0.05) is 35.0 Å². The molecule has 26 heavy (non-hydrogen) atoms.